The minimum Gasteiger partial charge on any atom is -0.396 e. The molecule has 0 aliphatic heterocycles. The lowest BCUT2D eigenvalue weighted by atomic mass is 10.1. The van der Waals surface area contributed by atoms with E-state index < -0.39 is 9.85 Å². The molecular weight excluding hydrogens is 770 g/mol. The summed E-state index contributed by atoms with van der Waals surface area (Å²) in [6.45, 7) is 1.56. The number of nitrogens with one attached hydrogen (secondary N) is 1. The number of unbranched alkanes of at least 4 members (excludes halogenated alkanes) is 2. The van der Waals surface area contributed by atoms with Crippen molar-refractivity contribution < 1.29 is 20.1 Å². The first-order valence-electron chi connectivity index (χ1n) is 12.6. The van der Waals surface area contributed by atoms with Crippen LogP contribution < -0.4 is 11.1 Å². The van der Waals surface area contributed by atoms with Crippen molar-refractivity contribution in [1.82, 2.24) is 9.97 Å². The van der Waals surface area contributed by atoms with Gasteiger partial charge in [-0.05, 0) is 68.6 Å². The molecule has 44 heavy (non-hydrogen) atoms. The predicted molar refractivity (Wildman–Crippen MR) is 184 cm³/mol. The molecule has 0 unspecified atom stereocenters. The van der Waals surface area contributed by atoms with Crippen molar-refractivity contribution in [2.75, 3.05) is 31.6 Å². The highest BCUT2D eigenvalue weighted by Crippen LogP contribution is 2.39. The van der Waals surface area contributed by atoms with E-state index in [-0.39, 0.29) is 47.3 Å². The van der Waals surface area contributed by atoms with Crippen molar-refractivity contribution in [2.24, 2.45) is 5.73 Å². The molecule has 0 saturated carbocycles. The summed E-state index contributed by atoms with van der Waals surface area (Å²) in [6.07, 6.45) is 3.11. The van der Waals surface area contributed by atoms with Gasteiger partial charge in [-0.2, -0.15) is 0 Å². The Bertz CT molecular complexity index is 1580. The summed E-state index contributed by atoms with van der Waals surface area (Å²) < 4.78 is 1.56. The van der Waals surface area contributed by atoms with Gasteiger partial charge < -0.3 is 21.3 Å². The Hall–Kier alpha value is -2.43. The van der Waals surface area contributed by atoms with Gasteiger partial charge in [-0.1, -0.05) is 74.1 Å². The van der Waals surface area contributed by atoms with Crippen LogP contribution in [0.25, 0.3) is 21.8 Å². The maximum atomic E-state index is 11.2. The average Bonchev–Trinajstić information content (AvgIpc) is 2.95. The van der Waals surface area contributed by atoms with Crippen LogP contribution in [0.2, 0.25) is 15.3 Å². The zero-order valence-electron chi connectivity index (χ0n) is 22.4. The van der Waals surface area contributed by atoms with Crippen LogP contribution in [0.5, 0.6) is 0 Å². The van der Waals surface area contributed by atoms with Crippen LogP contribution in [0.4, 0.5) is 17.1 Å². The lowest BCUT2D eigenvalue weighted by molar-refractivity contribution is -0.384. The minimum atomic E-state index is -0.641. The molecule has 4 aromatic rings. The van der Waals surface area contributed by atoms with Gasteiger partial charge in [-0.15, -0.1) is 0 Å². The smallest absolute Gasteiger partial charge is 0.329 e. The Balaban J connectivity index is 0.000000373. The van der Waals surface area contributed by atoms with Gasteiger partial charge in [0, 0.05) is 39.5 Å². The number of fused-ring (bicyclic) bond motifs is 2. The summed E-state index contributed by atoms with van der Waals surface area (Å²) >= 11 is 24.2. The Kier molecular flexibility index (Phi) is 17.9. The van der Waals surface area contributed by atoms with Crippen LogP contribution in [0.15, 0.2) is 45.3 Å². The van der Waals surface area contributed by atoms with Crippen LogP contribution >= 0.6 is 66.7 Å². The fourth-order valence-corrected chi connectivity index (χ4v) is 5.15. The molecule has 2 aromatic carbocycles. The number of aliphatic hydroxyl groups is 2. The van der Waals surface area contributed by atoms with Crippen molar-refractivity contribution >= 4 is 106 Å². The number of anilines is 1. The molecule has 0 amide bonds. The molecule has 12 nitrogen and oxygen atoms in total. The third-order valence-corrected chi connectivity index (χ3v) is 7.46. The molecule has 0 bridgehead atoms. The highest BCUT2D eigenvalue weighted by Gasteiger charge is 2.24. The second-order valence-electron chi connectivity index (χ2n) is 8.61. The second kappa shape index (κ2) is 19.9. The third-order valence-electron chi connectivity index (χ3n) is 5.56. The molecule has 5 N–H and O–H groups in total. The number of aliphatic hydroxyl groups excluding tert-OH is 2. The number of nitro groups is 2. The van der Waals surface area contributed by atoms with Crippen molar-refractivity contribution in [3.8, 4) is 0 Å². The fraction of sp³-hybridized carbons (Fsp3) is 0.333. The number of hydrogen-bond acceptors (Lipinski definition) is 10. The Morgan fingerprint density at radius 2 is 1.27 bits per heavy atom. The second-order valence-corrected chi connectivity index (χ2v) is 11.5. The van der Waals surface area contributed by atoms with Gasteiger partial charge in [0.2, 0.25) is 10.3 Å². The molecule has 17 heteroatoms. The summed E-state index contributed by atoms with van der Waals surface area (Å²) in [5.74, 6) is 0. The molecule has 0 spiro atoms. The van der Waals surface area contributed by atoms with Crippen molar-refractivity contribution in [1.29, 1.82) is 0 Å². The van der Waals surface area contributed by atoms with E-state index in [0.717, 1.165) is 21.8 Å². The molecule has 0 saturated heterocycles. The highest BCUT2D eigenvalue weighted by atomic mass is 79.9. The summed E-state index contributed by atoms with van der Waals surface area (Å²) in [5.41, 5.74) is 5.96. The standard InChI is InChI=1S/C13H13BrClN3O3.C9H3BrCl2N2O2.C4H11NO.CH4/c14-8-3-4-10-9(7-8)11(16-5-1-2-6-19)12(18(20)21)13(15)17-10;10-4-1-2-6-5(3-4)7(11)8(14(15)16)9(12)13-6;5-3-1-2-4-6;/h3-4,7,19H,1-2,5-6H2,(H,16,17);1-3H;6H,1-5H2;1H4. The molecule has 4 rings (SSSR count). The lowest BCUT2D eigenvalue weighted by Crippen LogP contribution is -2.07. The number of nitrogens with zero attached hydrogens (tertiary/aromatic N) is 4. The van der Waals surface area contributed by atoms with E-state index in [1.165, 1.54) is 0 Å². The fourth-order valence-electron chi connectivity index (χ4n) is 3.56. The zero-order valence-corrected chi connectivity index (χ0v) is 27.8. The molecule has 0 atom stereocenters. The van der Waals surface area contributed by atoms with E-state index in [2.05, 4.69) is 47.1 Å². The van der Waals surface area contributed by atoms with Gasteiger partial charge in [0.25, 0.3) is 0 Å². The lowest BCUT2D eigenvalue weighted by Gasteiger charge is -2.11. The molecule has 2 heterocycles. The van der Waals surface area contributed by atoms with Crippen LogP contribution in [-0.2, 0) is 0 Å². The number of benzene rings is 2. The predicted octanol–water partition coefficient (Wildman–Crippen LogP) is 8.31. The number of aromatic nitrogens is 2. The molecular formula is C27H31Br2Cl3N6O6. The summed E-state index contributed by atoms with van der Waals surface area (Å²) in [5, 5.41) is 42.8. The van der Waals surface area contributed by atoms with Gasteiger partial charge in [0.05, 0.1) is 20.9 Å². The molecule has 0 aliphatic carbocycles. The maximum absolute atomic E-state index is 11.2. The largest absolute Gasteiger partial charge is 0.396 e. The molecule has 2 aromatic heterocycles. The monoisotopic (exact) mass is 798 g/mol. The van der Waals surface area contributed by atoms with E-state index in [0.29, 0.717) is 53.4 Å². The number of nitrogens with two attached hydrogens (primary N) is 1. The summed E-state index contributed by atoms with van der Waals surface area (Å²) in [4.78, 5) is 28.8. The van der Waals surface area contributed by atoms with Crippen LogP contribution in [0, 0.1) is 20.2 Å². The van der Waals surface area contributed by atoms with Gasteiger partial charge in [0.1, 0.15) is 10.7 Å². The molecule has 240 valence electrons. The minimum absolute atomic E-state index is 0. The van der Waals surface area contributed by atoms with Crippen molar-refractivity contribution in [3.63, 3.8) is 0 Å². The van der Waals surface area contributed by atoms with Gasteiger partial charge >= 0.3 is 11.4 Å². The van der Waals surface area contributed by atoms with E-state index >= 15 is 0 Å². The van der Waals surface area contributed by atoms with E-state index in [9.17, 15) is 20.2 Å². The van der Waals surface area contributed by atoms with Crippen LogP contribution in [0.3, 0.4) is 0 Å². The summed E-state index contributed by atoms with van der Waals surface area (Å²) in [6, 6.07) is 10.4. The Morgan fingerprint density at radius 1 is 0.795 bits per heavy atom. The number of halogens is 5. The SMILES string of the molecule is C.NCCCCO.O=[N+]([O-])c1c(Cl)nc2ccc(Br)cc2c1Cl.O=[N+]([O-])c1c(Cl)nc2ccc(Br)cc2c1NCCCCO. The molecule has 0 aliphatic rings. The summed E-state index contributed by atoms with van der Waals surface area (Å²) in [7, 11) is 0. The van der Waals surface area contributed by atoms with Crippen LogP contribution in [-0.4, -0.2) is 56.3 Å². The zero-order chi connectivity index (χ0) is 32.1. The number of pyridine rings is 2. The quantitative estimate of drug-likeness (QED) is 0.0525. The first-order valence-corrected chi connectivity index (χ1v) is 15.4. The van der Waals surface area contributed by atoms with Gasteiger partial charge in [0.15, 0.2) is 0 Å². The first-order chi connectivity index (χ1) is 20.5. The number of rotatable bonds is 10. The Morgan fingerprint density at radius 3 is 1.75 bits per heavy atom. The normalized spacial score (nSPS) is 10.3. The van der Waals surface area contributed by atoms with Gasteiger partial charge in [-0.25, -0.2) is 9.97 Å². The van der Waals surface area contributed by atoms with E-state index in [1.807, 2.05) is 0 Å². The Labute approximate surface area is 285 Å². The van der Waals surface area contributed by atoms with Gasteiger partial charge in [-0.3, -0.25) is 20.2 Å². The van der Waals surface area contributed by atoms with E-state index in [4.69, 9.17) is 50.7 Å². The van der Waals surface area contributed by atoms with E-state index in [1.54, 1.807) is 36.4 Å². The maximum Gasteiger partial charge on any atom is 0.329 e. The highest BCUT2D eigenvalue weighted by molar-refractivity contribution is 9.10. The van der Waals surface area contributed by atoms with Crippen molar-refractivity contribution in [2.45, 2.75) is 33.1 Å². The molecule has 0 radical (unpaired) electrons. The number of hydrogen-bond donors (Lipinski definition) is 4. The topological polar surface area (TPSA) is 191 Å². The third kappa shape index (κ3) is 11.2. The van der Waals surface area contributed by atoms with Crippen LogP contribution in [0.1, 0.15) is 33.1 Å². The first kappa shape index (κ1) is 39.6. The molecule has 0 fully saturated rings. The average molecular weight is 802 g/mol. The van der Waals surface area contributed by atoms with Crippen molar-refractivity contribution in [3.05, 3.63) is 80.9 Å².